The maximum atomic E-state index is 14.5. The van der Waals surface area contributed by atoms with Gasteiger partial charge < -0.3 is 40.2 Å². The van der Waals surface area contributed by atoms with Gasteiger partial charge in [-0.3, -0.25) is 9.59 Å². The third kappa shape index (κ3) is 8.07. The number of likely N-dealkylation sites (tertiary alicyclic amines) is 1. The van der Waals surface area contributed by atoms with E-state index >= 15 is 0 Å². The molecule has 3 amide bonds. The van der Waals surface area contributed by atoms with Crippen molar-refractivity contribution in [2.24, 2.45) is 11.3 Å². The lowest BCUT2D eigenvalue weighted by Gasteiger charge is -2.36. The first-order chi connectivity index (χ1) is 26.3. The molecule has 7 rings (SSSR count). The first-order valence-electron chi connectivity index (χ1n) is 19.1. The van der Waals surface area contributed by atoms with Gasteiger partial charge in [-0.2, -0.15) is 0 Å². The van der Waals surface area contributed by atoms with Crippen LogP contribution in [0.1, 0.15) is 78.6 Å². The van der Waals surface area contributed by atoms with Crippen LogP contribution in [0.5, 0.6) is 11.5 Å². The number of pyridine rings is 1. The van der Waals surface area contributed by atoms with Crippen LogP contribution in [0, 0.1) is 11.3 Å². The number of amides is 3. The highest BCUT2D eigenvalue weighted by Crippen LogP contribution is 2.45. The number of thiazole rings is 1. The fourth-order valence-corrected chi connectivity index (χ4v) is 8.50. The second-order valence-electron chi connectivity index (χ2n) is 16.2. The lowest BCUT2D eigenvalue weighted by molar-refractivity contribution is -0.146. The molecule has 0 bridgehead atoms. The minimum Gasteiger partial charge on any atom is -0.497 e. The Balaban J connectivity index is 1.19. The third-order valence-corrected chi connectivity index (χ3v) is 12.1. The predicted octanol–water partition coefficient (Wildman–Crippen LogP) is 5.91. The van der Waals surface area contributed by atoms with Crippen LogP contribution in [-0.4, -0.2) is 93.4 Å². The second kappa shape index (κ2) is 15.3. The van der Waals surface area contributed by atoms with E-state index in [-0.39, 0.29) is 25.5 Å². The van der Waals surface area contributed by atoms with Gasteiger partial charge in [0.25, 0.3) is 0 Å². The molecule has 15 heteroatoms. The van der Waals surface area contributed by atoms with Gasteiger partial charge in [0.2, 0.25) is 11.8 Å². The van der Waals surface area contributed by atoms with Gasteiger partial charge in [0, 0.05) is 41.3 Å². The van der Waals surface area contributed by atoms with Crippen LogP contribution in [0.15, 0.2) is 42.3 Å². The summed E-state index contributed by atoms with van der Waals surface area (Å²) < 4.78 is 17.8. The van der Waals surface area contributed by atoms with Crippen molar-refractivity contribution in [1.82, 2.24) is 25.5 Å². The smallest absolute Gasteiger partial charge is 0.408 e. The summed E-state index contributed by atoms with van der Waals surface area (Å²) in [5.74, 6) is -1.65. The standard InChI is InChI=1S/C40H50N6O8S/c1-6-22-19-40(22,36(49)50)45-34(47)31-17-26(20-46(31)35(48)33(39(2,3)4)44-38(51)54-24-12-9-13-24)53-32-18-29(42-28-16-25(52-5)14-15-27(28)32)30-21-55-37(43-30)41-23-10-7-8-11-23/h6,14-16,18,21-24,26,31,33H,1,7-13,17,19-20H2,2-5H3,(H,41,43)(H,44,51)(H,45,47)(H,49,50)/t22-,26-,31?,33-,40-/m1/s1. The number of hydrogen-bond donors (Lipinski definition) is 4. The summed E-state index contributed by atoms with van der Waals surface area (Å²) in [4.78, 5) is 65.2. The number of nitrogens with one attached hydrogen (secondary N) is 3. The summed E-state index contributed by atoms with van der Waals surface area (Å²) in [6.07, 6.45) is 7.35. The van der Waals surface area contributed by atoms with E-state index in [0.717, 1.165) is 37.2 Å². The Hall–Kier alpha value is -4.92. The molecule has 1 aromatic carbocycles. The molecule has 14 nitrogen and oxygen atoms in total. The number of ether oxygens (including phenoxy) is 3. The van der Waals surface area contributed by atoms with E-state index in [2.05, 4.69) is 22.5 Å². The average molecular weight is 775 g/mol. The van der Waals surface area contributed by atoms with Crippen molar-refractivity contribution in [2.45, 2.75) is 114 Å². The molecule has 3 aromatic rings. The summed E-state index contributed by atoms with van der Waals surface area (Å²) in [6, 6.07) is 5.55. The van der Waals surface area contributed by atoms with E-state index in [4.69, 9.17) is 24.2 Å². The lowest BCUT2D eigenvalue weighted by atomic mass is 9.85. The van der Waals surface area contributed by atoms with Crippen molar-refractivity contribution in [2.75, 3.05) is 19.0 Å². The number of rotatable bonds is 13. The number of aromatic nitrogens is 2. The van der Waals surface area contributed by atoms with Crippen LogP contribution in [0.3, 0.4) is 0 Å². The number of carboxylic acid groups (broad SMARTS) is 1. The van der Waals surface area contributed by atoms with Gasteiger partial charge in [-0.05, 0) is 56.1 Å². The molecule has 3 saturated carbocycles. The summed E-state index contributed by atoms with van der Waals surface area (Å²) in [5.41, 5.74) is -0.402. The van der Waals surface area contributed by atoms with Gasteiger partial charge in [-0.1, -0.05) is 39.7 Å². The Morgan fingerprint density at radius 1 is 1.05 bits per heavy atom. The molecule has 3 aliphatic carbocycles. The summed E-state index contributed by atoms with van der Waals surface area (Å²) >= 11 is 1.52. The van der Waals surface area contributed by atoms with Crippen LogP contribution in [0.25, 0.3) is 22.3 Å². The van der Waals surface area contributed by atoms with Crippen molar-refractivity contribution in [1.29, 1.82) is 0 Å². The summed E-state index contributed by atoms with van der Waals surface area (Å²) in [6.45, 7) is 9.19. The molecule has 2 aromatic heterocycles. The normalized spacial score (nSPS) is 24.4. The van der Waals surface area contributed by atoms with Crippen molar-refractivity contribution in [3.05, 3.63) is 42.3 Å². The number of hydrogen-bond acceptors (Lipinski definition) is 11. The van der Waals surface area contributed by atoms with Crippen LogP contribution >= 0.6 is 11.3 Å². The van der Waals surface area contributed by atoms with Crippen molar-refractivity contribution in [3.63, 3.8) is 0 Å². The van der Waals surface area contributed by atoms with Gasteiger partial charge in [-0.15, -0.1) is 17.9 Å². The zero-order valence-electron chi connectivity index (χ0n) is 31.8. The Bertz CT molecular complexity index is 1970. The van der Waals surface area contributed by atoms with Gasteiger partial charge >= 0.3 is 12.1 Å². The maximum Gasteiger partial charge on any atom is 0.408 e. The van der Waals surface area contributed by atoms with Crippen molar-refractivity contribution < 1.29 is 38.5 Å². The van der Waals surface area contributed by atoms with E-state index in [1.165, 1.54) is 35.2 Å². The fourth-order valence-electron chi connectivity index (χ4n) is 7.71. The molecular formula is C40H50N6O8S. The Morgan fingerprint density at radius 3 is 2.45 bits per heavy atom. The highest BCUT2D eigenvalue weighted by Gasteiger charge is 2.61. The predicted molar refractivity (Wildman–Crippen MR) is 207 cm³/mol. The van der Waals surface area contributed by atoms with Gasteiger partial charge in [0.05, 0.1) is 24.9 Å². The molecule has 4 aliphatic rings. The molecule has 0 spiro atoms. The molecule has 1 unspecified atom stereocenters. The highest BCUT2D eigenvalue weighted by atomic mass is 32.1. The molecule has 4 fully saturated rings. The Morgan fingerprint density at radius 2 is 1.82 bits per heavy atom. The minimum absolute atomic E-state index is 0.00469. The van der Waals surface area contributed by atoms with Crippen molar-refractivity contribution >= 4 is 51.2 Å². The maximum absolute atomic E-state index is 14.5. The van der Waals surface area contributed by atoms with E-state index < -0.39 is 58.9 Å². The second-order valence-corrected chi connectivity index (χ2v) is 17.1. The number of carboxylic acids is 1. The van der Waals surface area contributed by atoms with Crippen LogP contribution < -0.4 is 25.4 Å². The number of nitrogens with zero attached hydrogens (tertiary/aromatic N) is 3. The lowest BCUT2D eigenvalue weighted by Crippen LogP contribution is -2.59. The van der Waals surface area contributed by atoms with Gasteiger partial charge in [0.1, 0.15) is 47.0 Å². The Kier molecular flexibility index (Phi) is 10.7. The summed E-state index contributed by atoms with van der Waals surface area (Å²) in [7, 11) is 1.58. The van der Waals surface area contributed by atoms with E-state index in [0.29, 0.717) is 39.8 Å². The first-order valence-corrected chi connectivity index (χ1v) is 20.0. The van der Waals surface area contributed by atoms with Crippen LogP contribution in [-0.2, 0) is 19.1 Å². The van der Waals surface area contributed by atoms with Gasteiger partial charge in [0.15, 0.2) is 5.13 Å². The zero-order valence-corrected chi connectivity index (χ0v) is 32.6. The number of carbonyl (C=O) groups excluding carboxylic acids is 3. The Labute approximate surface area is 324 Å². The number of benzene rings is 1. The molecular weight excluding hydrogens is 725 g/mol. The van der Waals surface area contributed by atoms with E-state index in [1.54, 1.807) is 7.11 Å². The number of fused-ring (bicyclic) bond motifs is 1. The van der Waals surface area contributed by atoms with Crippen LogP contribution in [0.2, 0.25) is 0 Å². The number of carbonyl (C=O) groups is 4. The molecule has 294 valence electrons. The largest absolute Gasteiger partial charge is 0.497 e. The van der Waals surface area contributed by atoms with E-state index in [1.807, 2.05) is 50.4 Å². The average Bonchev–Trinajstić information content (AvgIpc) is 3.55. The monoisotopic (exact) mass is 774 g/mol. The highest BCUT2D eigenvalue weighted by molar-refractivity contribution is 7.14. The molecule has 1 saturated heterocycles. The van der Waals surface area contributed by atoms with E-state index in [9.17, 15) is 24.3 Å². The summed E-state index contributed by atoms with van der Waals surface area (Å²) in [5, 5.41) is 22.6. The number of alkyl carbamates (subject to hydrolysis) is 1. The minimum atomic E-state index is -1.50. The van der Waals surface area contributed by atoms with Crippen LogP contribution in [0.4, 0.5) is 9.93 Å². The molecule has 3 heterocycles. The molecule has 4 N–H and O–H groups in total. The number of methoxy groups -OCH3 is 1. The first kappa shape index (κ1) is 38.4. The third-order valence-electron chi connectivity index (χ3n) is 11.3. The van der Waals surface area contributed by atoms with Crippen molar-refractivity contribution in [3.8, 4) is 22.9 Å². The molecule has 5 atom stereocenters. The topological polar surface area (TPSA) is 181 Å². The van der Waals surface area contributed by atoms with Gasteiger partial charge in [-0.25, -0.2) is 19.6 Å². The molecule has 1 aliphatic heterocycles. The SMILES string of the molecule is C=C[C@@H]1C[C@]1(NC(=O)C1C[C@@H](Oc2cc(-c3csc(NC4CCCC4)n3)nc3cc(OC)ccc23)CN1C(=O)[C@@H](NC(=O)OC1CCC1)C(C)(C)C)C(=O)O. The molecule has 0 radical (unpaired) electrons. The fraction of sp³-hybridized carbons (Fsp3) is 0.550. The quantitative estimate of drug-likeness (QED) is 0.152. The number of aliphatic carboxylic acids is 1. The number of anilines is 1. The molecule has 55 heavy (non-hydrogen) atoms. The zero-order chi connectivity index (χ0) is 39.1.